The Hall–Kier alpha value is -0.200. The van der Waals surface area contributed by atoms with E-state index >= 15 is 0 Å². The number of nitrogens with one attached hydrogen (secondary N) is 1. The maximum atomic E-state index is 9.09. The van der Waals surface area contributed by atoms with Crippen LogP contribution < -0.4 is 5.32 Å². The summed E-state index contributed by atoms with van der Waals surface area (Å²) in [6, 6.07) is 2.40. The quantitative estimate of drug-likeness (QED) is 0.641. The third-order valence-corrected chi connectivity index (χ3v) is 2.98. The second-order valence-corrected chi connectivity index (χ2v) is 4.16. The Bertz CT molecular complexity index is 165. The first-order valence-electron chi connectivity index (χ1n) is 4.90. The molecule has 0 aliphatic heterocycles. The van der Waals surface area contributed by atoms with Crippen LogP contribution in [0.4, 0.5) is 0 Å². The highest BCUT2D eigenvalue weighted by Gasteiger charge is 2.25. The number of thioether (sulfide) groups is 1. The predicted octanol–water partition coefficient (Wildman–Crippen LogP) is 2.41. The van der Waals surface area contributed by atoms with Gasteiger partial charge in [0.25, 0.3) is 0 Å². The van der Waals surface area contributed by atoms with Crippen molar-refractivity contribution in [2.24, 2.45) is 0 Å². The lowest BCUT2D eigenvalue weighted by molar-refractivity contribution is 0.379. The van der Waals surface area contributed by atoms with Crippen molar-refractivity contribution in [1.82, 2.24) is 5.32 Å². The summed E-state index contributed by atoms with van der Waals surface area (Å²) in [7, 11) is 0. The molecule has 1 unspecified atom stereocenters. The molecule has 0 rings (SSSR count). The van der Waals surface area contributed by atoms with Crippen LogP contribution in [0.2, 0.25) is 0 Å². The van der Waals surface area contributed by atoms with E-state index in [1.54, 1.807) is 0 Å². The average Bonchev–Trinajstić information content (AvgIpc) is 2.17. The summed E-state index contributed by atoms with van der Waals surface area (Å²) >= 11 is 1.84. The molecule has 0 amide bonds. The van der Waals surface area contributed by atoms with Gasteiger partial charge in [0.15, 0.2) is 0 Å². The molecule has 0 bridgehead atoms. The van der Waals surface area contributed by atoms with Crippen LogP contribution in [0.3, 0.4) is 0 Å². The van der Waals surface area contributed by atoms with E-state index in [0.717, 1.165) is 31.6 Å². The third-order valence-electron chi connectivity index (χ3n) is 2.28. The molecule has 0 spiro atoms. The van der Waals surface area contributed by atoms with Gasteiger partial charge < -0.3 is 0 Å². The number of hydrogen-bond acceptors (Lipinski definition) is 3. The molecule has 13 heavy (non-hydrogen) atoms. The molecule has 3 heteroatoms. The fourth-order valence-corrected chi connectivity index (χ4v) is 1.85. The zero-order valence-electron chi connectivity index (χ0n) is 8.89. The molecule has 0 fully saturated rings. The Labute approximate surface area is 86.1 Å². The van der Waals surface area contributed by atoms with Crippen molar-refractivity contribution < 1.29 is 0 Å². The Morgan fingerprint density at radius 2 is 2.15 bits per heavy atom. The summed E-state index contributed by atoms with van der Waals surface area (Å²) in [5.74, 6) is 1.15. The first-order chi connectivity index (χ1) is 6.24. The maximum absolute atomic E-state index is 9.09. The molecular weight excluding hydrogens is 180 g/mol. The van der Waals surface area contributed by atoms with Gasteiger partial charge in [-0.1, -0.05) is 13.8 Å². The molecule has 0 saturated heterocycles. The van der Waals surface area contributed by atoms with Crippen molar-refractivity contribution in [2.45, 2.75) is 38.6 Å². The lowest BCUT2D eigenvalue weighted by atomic mass is 9.92. The second-order valence-electron chi connectivity index (χ2n) is 3.17. The Morgan fingerprint density at radius 3 is 2.54 bits per heavy atom. The van der Waals surface area contributed by atoms with Crippen LogP contribution in [0, 0.1) is 11.3 Å². The van der Waals surface area contributed by atoms with Crippen molar-refractivity contribution in [2.75, 3.05) is 18.6 Å². The van der Waals surface area contributed by atoms with Crippen LogP contribution in [0.5, 0.6) is 0 Å². The van der Waals surface area contributed by atoms with Crippen LogP contribution >= 0.6 is 11.8 Å². The average molecular weight is 200 g/mol. The summed E-state index contributed by atoms with van der Waals surface area (Å²) in [6.07, 6.45) is 5.09. The molecule has 0 aromatic heterocycles. The molecule has 0 aliphatic rings. The highest BCUT2D eigenvalue weighted by Crippen LogP contribution is 2.17. The molecule has 1 atom stereocenters. The molecule has 0 radical (unpaired) electrons. The van der Waals surface area contributed by atoms with Gasteiger partial charge in [0, 0.05) is 0 Å². The molecule has 0 aromatic rings. The minimum Gasteiger partial charge on any atom is -0.300 e. The van der Waals surface area contributed by atoms with Crippen molar-refractivity contribution in [3.05, 3.63) is 0 Å². The second kappa shape index (κ2) is 7.23. The van der Waals surface area contributed by atoms with Crippen LogP contribution in [0.25, 0.3) is 0 Å². The van der Waals surface area contributed by atoms with Gasteiger partial charge >= 0.3 is 0 Å². The van der Waals surface area contributed by atoms with Gasteiger partial charge in [-0.2, -0.15) is 17.0 Å². The summed E-state index contributed by atoms with van der Waals surface area (Å²) in [6.45, 7) is 5.00. The standard InChI is InChI=1S/C10H20N2S/c1-4-10(9-11,12-5-2)7-6-8-13-3/h12H,4-8H2,1-3H3. The van der Waals surface area contributed by atoms with Crippen molar-refractivity contribution >= 4 is 11.8 Å². The topological polar surface area (TPSA) is 35.8 Å². The number of nitriles is 1. The van der Waals surface area contributed by atoms with Crippen molar-refractivity contribution in [3.63, 3.8) is 0 Å². The lowest BCUT2D eigenvalue weighted by Crippen LogP contribution is -2.43. The van der Waals surface area contributed by atoms with E-state index < -0.39 is 0 Å². The van der Waals surface area contributed by atoms with Gasteiger partial charge in [0.05, 0.1) is 6.07 Å². The van der Waals surface area contributed by atoms with E-state index in [2.05, 4.69) is 31.5 Å². The van der Waals surface area contributed by atoms with Crippen LogP contribution in [-0.4, -0.2) is 24.1 Å². The van der Waals surface area contributed by atoms with Crippen LogP contribution in [0.15, 0.2) is 0 Å². The fourth-order valence-electron chi connectivity index (χ4n) is 1.42. The van der Waals surface area contributed by atoms with Crippen molar-refractivity contribution in [1.29, 1.82) is 5.26 Å². The Morgan fingerprint density at radius 1 is 1.46 bits per heavy atom. The minimum absolute atomic E-state index is 0.273. The molecule has 1 N–H and O–H groups in total. The Kier molecular flexibility index (Phi) is 7.12. The van der Waals surface area contributed by atoms with Gasteiger partial charge in [-0.15, -0.1) is 0 Å². The molecule has 0 heterocycles. The van der Waals surface area contributed by atoms with Crippen LogP contribution in [0.1, 0.15) is 33.1 Å². The van der Waals surface area contributed by atoms with Gasteiger partial charge in [-0.05, 0) is 37.8 Å². The molecule has 0 aliphatic carbocycles. The number of hydrogen-bond donors (Lipinski definition) is 1. The highest BCUT2D eigenvalue weighted by molar-refractivity contribution is 7.98. The first-order valence-corrected chi connectivity index (χ1v) is 6.29. The lowest BCUT2D eigenvalue weighted by Gasteiger charge is -2.25. The molecule has 2 nitrogen and oxygen atoms in total. The number of rotatable bonds is 7. The van der Waals surface area contributed by atoms with E-state index in [1.807, 2.05) is 11.8 Å². The molecule has 76 valence electrons. The van der Waals surface area contributed by atoms with Crippen LogP contribution in [-0.2, 0) is 0 Å². The van der Waals surface area contributed by atoms with E-state index in [0.29, 0.717) is 0 Å². The van der Waals surface area contributed by atoms with Crippen molar-refractivity contribution in [3.8, 4) is 6.07 Å². The Balaban J connectivity index is 3.99. The van der Waals surface area contributed by atoms with Gasteiger partial charge in [-0.25, -0.2) is 0 Å². The van der Waals surface area contributed by atoms with Gasteiger partial charge in [0.1, 0.15) is 5.54 Å². The zero-order valence-corrected chi connectivity index (χ0v) is 9.71. The SMILES string of the molecule is CCNC(C#N)(CC)CCCSC. The van der Waals surface area contributed by atoms with E-state index in [9.17, 15) is 0 Å². The fraction of sp³-hybridized carbons (Fsp3) is 0.900. The van der Waals surface area contributed by atoms with E-state index in [-0.39, 0.29) is 5.54 Å². The summed E-state index contributed by atoms with van der Waals surface area (Å²) < 4.78 is 0. The molecule has 0 saturated carbocycles. The van der Waals surface area contributed by atoms with Gasteiger partial charge in [-0.3, -0.25) is 5.32 Å². The summed E-state index contributed by atoms with van der Waals surface area (Å²) in [5, 5.41) is 12.4. The molecule has 0 aromatic carbocycles. The maximum Gasteiger partial charge on any atom is 0.106 e. The number of nitrogens with zero attached hydrogens (tertiary/aromatic N) is 1. The largest absolute Gasteiger partial charge is 0.300 e. The monoisotopic (exact) mass is 200 g/mol. The third kappa shape index (κ3) is 4.54. The minimum atomic E-state index is -0.273. The summed E-state index contributed by atoms with van der Waals surface area (Å²) in [5.41, 5.74) is -0.273. The first kappa shape index (κ1) is 12.8. The summed E-state index contributed by atoms with van der Waals surface area (Å²) in [4.78, 5) is 0. The van der Waals surface area contributed by atoms with E-state index in [1.165, 1.54) is 0 Å². The van der Waals surface area contributed by atoms with E-state index in [4.69, 9.17) is 5.26 Å². The smallest absolute Gasteiger partial charge is 0.106 e. The highest BCUT2D eigenvalue weighted by atomic mass is 32.2. The molecular formula is C10H20N2S. The van der Waals surface area contributed by atoms with Gasteiger partial charge in [0.2, 0.25) is 0 Å². The zero-order chi connectivity index (χ0) is 10.2. The predicted molar refractivity (Wildman–Crippen MR) is 59.9 cm³/mol. The normalized spacial score (nSPS) is 14.9.